The van der Waals surface area contributed by atoms with Crippen LogP contribution in [0.4, 0.5) is 0 Å². The van der Waals surface area contributed by atoms with Gasteiger partial charge in [0.15, 0.2) is 11.5 Å². The van der Waals surface area contributed by atoms with E-state index in [9.17, 15) is 9.90 Å². The van der Waals surface area contributed by atoms with Crippen molar-refractivity contribution < 1.29 is 19.4 Å². The lowest BCUT2D eigenvalue weighted by Crippen LogP contribution is -2.00. The molecule has 0 heterocycles. The molecule has 1 rings (SSSR count). The first-order valence-corrected chi connectivity index (χ1v) is 11.1. The first-order valence-electron chi connectivity index (χ1n) is 11.1. The number of hydrogen-bond donors (Lipinski definition) is 1. The monoisotopic (exact) mass is 426 g/mol. The molecule has 170 valence electrons. The normalized spacial score (nSPS) is 12.2. The van der Waals surface area contributed by atoms with Crippen LogP contribution in [0.15, 0.2) is 59.2 Å². The van der Waals surface area contributed by atoms with Crippen molar-refractivity contribution in [2.24, 2.45) is 0 Å². The van der Waals surface area contributed by atoms with Gasteiger partial charge in [0, 0.05) is 6.08 Å². The number of hydrogen-bond acceptors (Lipinski definition) is 4. The second-order valence-corrected chi connectivity index (χ2v) is 8.04. The SMILES string of the molecule is CCCCCOc1cc(C=CC(=O)OCC=C(C)CC=C(C)CC=C(C)C)ccc1O. The molecule has 1 N–H and O–H groups in total. The van der Waals surface area contributed by atoms with E-state index in [1.54, 1.807) is 24.3 Å². The Morgan fingerprint density at radius 2 is 1.71 bits per heavy atom. The highest BCUT2D eigenvalue weighted by Crippen LogP contribution is 2.27. The first-order chi connectivity index (χ1) is 14.8. The van der Waals surface area contributed by atoms with Gasteiger partial charge in [-0.2, -0.15) is 0 Å². The largest absolute Gasteiger partial charge is 0.504 e. The van der Waals surface area contributed by atoms with E-state index in [-0.39, 0.29) is 12.4 Å². The highest BCUT2D eigenvalue weighted by atomic mass is 16.5. The molecule has 0 aliphatic heterocycles. The summed E-state index contributed by atoms with van der Waals surface area (Å²) < 4.78 is 10.9. The van der Waals surface area contributed by atoms with Crippen LogP contribution in [-0.2, 0) is 9.53 Å². The van der Waals surface area contributed by atoms with Crippen molar-refractivity contribution in [2.75, 3.05) is 13.2 Å². The van der Waals surface area contributed by atoms with Gasteiger partial charge in [-0.3, -0.25) is 0 Å². The maximum atomic E-state index is 12.0. The minimum Gasteiger partial charge on any atom is -0.504 e. The Morgan fingerprint density at radius 1 is 1.00 bits per heavy atom. The number of rotatable bonds is 13. The van der Waals surface area contributed by atoms with Crippen molar-refractivity contribution in [1.82, 2.24) is 0 Å². The summed E-state index contributed by atoms with van der Waals surface area (Å²) in [6.45, 7) is 11.3. The summed E-state index contributed by atoms with van der Waals surface area (Å²) in [5.41, 5.74) is 4.58. The van der Waals surface area contributed by atoms with Crippen molar-refractivity contribution in [1.29, 1.82) is 0 Å². The van der Waals surface area contributed by atoms with E-state index in [0.717, 1.165) is 43.2 Å². The molecular formula is C27H38O4. The Labute approximate surface area is 188 Å². The number of aromatic hydroxyl groups is 1. The van der Waals surface area contributed by atoms with E-state index in [0.29, 0.717) is 12.4 Å². The van der Waals surface area contributed by atoms with Crippen LogP contribution < -0.4 is 4.74 Å². The standard InChI is InChI=1S/C27H38O4/c1-6-7-8-18-30-26-20-24(13-15-25(26)28)14-16-27(29)31-19-17-23(5)12-11-22(4)10-9-21(2)3/h9,11,13-17,20,28H,6-8,10,12,18-19H2,1-5H3. The van der Waals surface area contributed by atoms with Crippen molar-refractivity contribution in [2.45, 2.75) is 66.7 Å². The number of carbonyl (C=O) groups is 1. The number of unbranched alkanes of at least 4 members (excludes halogenated alkanes) is 2. The molecule has 0 saturated heterocycles. The predicted molar refractivity (Wildman–Crippen MR) is 129 cm³/mol. The number of allylic oxidation sites excluding steroid dienone is 5. The van der Waals surface area contributed by atoms with E-state index in [1.807, 2.05) is 13.0 Å². The zero-order chi connectivity index (χ0) is 23.1. The van der Waals surface area contributed by atoms with E-state index < -0.39 is 5.97 Å². The maximum Gasteiger partial charge on any atom is 0.331 e. The fourth-order valence-electron chi connectivity index (χ4n) is 2.63. The average Bonchev–Trinajstić information content (AvgIpc) is 2.74. The van der Waals surface area contributed by atoms with Gasteiger partial charge < -0.3 is 14.6 Å². The number of phenolic OH excluding ortho intramolecular Hbond substituents is 1. The van der Waals surface area contributed by atoms with E-state index in [1.165, 1.54) is 17.2 Å². The van der Waals surface area contributed by atoms with Gasteiger partial charge >= 0.3 is 5.97 Å². The number of benzene rings is 1. The summed E-state index contributed by atoms with van der Waals surface area (Å²) in [6, 6.07) is 5.02. The lowest BCUT2D eigenvalue weighted by atomic mass is 10.1. The topological polar surface area (TPSA) is 55.8 Å². The highest BCUT2D eigenvalue weighted by molar-refractivity contribution is 5.87. The fourth-order valence-corrected chi connectivity index (χ4v) is 2.63. The Balaban J connectivity index is 2.48. The van der Waals surface area contributed by atoms with Crippen LogP contribution in [0.1, 0.15) is 72.3 Å². The van der Waals surface area contributed by atoms with E-state index >= 15 is 0 Å². The summed E-state index contributed by atoms with van der Waals surface area (Å²) in [7, 11) is 0. The van der Waals surface area contributed by atoms with Crippen LogP contribution in [-0.4, -0.2) is 24.3 Å². The molecule has 1 aromatic carbocycles. The minimum atomic E-state index is -0.405. The highest BCUT2D eigenvalue weighted by Gasteiger charge is 2.03. The molecule has 4 heteroatoms. The third kappa shape index (κ3) is 12.5. The zero-order valence-corrected chi connectivity index (χ0v) is 19.7. The van der Waals surface area contributed by atoms with Gasteiger partial charge in [-0.15, -0.1) is 0 Å². The molecule has 0 saturated carbocycles. The third-order valence-corrected chi connectivity index (χ3v) is 4.66. The molecule has 0 aliphatic rings. The molecule has 0 unspecified atom stereocenters. The second-order valence-electron chi connectivity index (χ2n) is 8.04. The van der Waals surface area contributed by atoms with Gasteiger partial charge in [0.05, 0.1) is 6.61 Å². The fraction of sp³-hybridized carbons (Fsp3) is 0.444. The quantitative estimate of drug-likeness (QED) is 0.157. The Bertz CT molecular complexity index is 809. The Kier molecular flexibility index (Phi) is 12.8. The number of ether oxygens (including phenoxy) is 2. The molecule has 1 aromatic rings. The van der Waals surface area contributed by atoms with Crippen LogP contribution >= 0.6 is 0 Å². The van der Waals surface area contributed by atoms with Crippen molar-refractivity contribution in [3.05, 3.63) is 64.8 Å². The molecule has 0 atom stereocenters. The van der Waals surface area contributed by atoms with Crippen molar-refractivity contribution >= 4 is 12.0 Å². The number of carbonyl (C=O) groups excluding carboxylic acids is 1. The van der Waals surface area contributed by atoms with Crippen molar-refractivity contribution in [3.63, 3.8) is 0 Å². The van der Waals surface area contributed by atoms with Crippen molar-refractivity contribution in [3.8, 4) is 11.5 Å². The molecule has 0 aliphatic carbocycles. The zero-order valence-electron chi connectivity index (χ0n) is 19.7. The molecule has 0 bridgehead atoms. The minimum absolute atomic E-state index is 0.0991. The third-order valence-electron chi connectivity index (χ3n) is 4.66. The summed E-state index contributed by atoms with van der Waals surface area (Å²) >= 11 is 0. The molecule has 4 nitrogen and oxygen atoms in total. The predicted octanol–water partition coefficient (Wildman–Crippen LogP) is 7.16. The molecular weight excluding hydrogens is 388 g/mol. The lowest BCUT2D eigenvalue weighted by Gasteiger charge is -2.08. The summed E-state index contributed by atoms with van der Waals surface area (Å²) in [4.78, 5) is 12.0. The second kappa shape index (κ2) is 15.1. The molecule has 0 amide bonds. The summed E-state index contributed by atoms with van der Waals surface area (Å²) in [5.74, 6) is 0.123. The number of esters is 1. The molecule has 31 heavy (non-hydrogen) atoms. The van der Waals surface area contributed by atoms with Crippen LogP contribution in [0.2, 0.25) is 0 Å². The average molecular weight is 427 g/mol. The van der Waals surface area contributed by atoms with Crippen LogP contribution in [0.5, 0.6) is 11.5 Å². The lowest BCUT2D eigenvalue weighted by molar-refractivity contribution is -0.136. The van der Waals surface area contributed by atoms with Gasteiger partial charge in [0.1, 0.15) is 6.61 Å². The smallest absolute Gasteiger partial charge is 0.331 e. The molecule has 0 spiro atoms. The molecule has 0 aromatic heterocycles. The number of phenols is 1. The van der Waals surface area contributed by atoms with Gasteiger partial charge in [-0.25, -0.2) is 4.79 Å². The van der Waals surface area contributed by atoms with Crippen LogP contribution in [0, 0.1) is 0 Å². The molecule has 0 radical (unpaired) electrons. The molecule has 0 fully saturated rings. The summed E-state index contributed by atoms with van der Waals surface area (Å²) in [6.07, 6.45) is 14.4. The van der Waals surface area contributed by atoms with E-state index in [2.05, 4.69) is 39.8 Å². The maximum absolute atomic E-state index is 12.0. The first kappa shape index (κ1) is 26.3. The van der Waals surface area contributed by atoms with Crippen LogP contribution in [0.3, 0.4) is 0 Å². The Hall–Kier alpha value is -2.75. The van der Waals surface area contributed by atoms with Gasteiger partial charge in [0.2, 0.25) is 0 Å². The van der Waals surface area contributed by atoms with Gasteiger partial charge in [0.25, 0.3) is 0 Å². The summed E-state index contributed by atoms with van der Waals surface area (Å²) in [5, 5.41) is 9.92. The van der Waals surface area contributed by atoms with Crippen LogP contribution in [0.25, 0.3) is 6.08 Å². The van der Waals surface area contributed by atoms with E-state index in [4.69, 9.17) is 9.47 Å². The van der Waals surface area contributed by atoms with Gasteiger partial charge in [-0.1, -0.05) is 54.7 Å². The van der Waals surface area contributed by atoms with Gasteiger partial charge in [-0.05, 0) is 76.8 Å². The Morgan fingerprint density at radius 3 is 2.42 bits per heavy atom.